The van der Waals surface area contributed by atoms with E-state index in [1.165, 1.54) is 23.5 Å². The smallest absolute Gasteiger partial charge is 0.293 e. The second-order valence-corrected chi connectivity index (χ2v) is 8.11. The van der Waals surface area contributed by atoms with E-state index in [2.05, 4.69) is 20.5 Å². The van der Waals surface area contributed by atoms with E-state index in [0.717, 1.165) is 17.2 Å². The third-order valence-corrected chi connectivity index (χ3v) is 5.29. The molecule has 25 heavy (non-hydrogen) atoms. The molecule has 3 rings (SSSR count). The number of nitro benzene ring substituents is 1. The van der Waals surface area contributed by atoms with Gasteiger partial charge < -0.3 is 5.32 Å². The number of sulfone groups is 1. The van der Waals surface area contributed by atoms with Crippen LogP contribution in [0, 0.1) is 10.1 Å². The number of nitrogens with zero attached hydrogens (tertiary/aromatic N) is 3. The van der Waals surface area contributed by atoms with Crippen LogP contribution in [0.3, 0.4) is 0 Å². The fourth-order valence-corrected chi connectivity index (χ4v) is 3.41. The van der Waals surface area contributed by atoms with Gasteiger partial charge in [0.1, 0.15) is 11.5 Å². The fraction of sp³-hybridized carbons (Fsp3) is 0.143. The molecule has 11 heteroatoms. The molecule has 0 fully saturated rings. The maximum atomic E-state index is 11.5. The molecule has 0 aliphatic rings. The van der Waals surface area contributed by atoms with E-state index in [1.807, 2.05) is 17.5 Å². The van der Waals surface area contributed by atoms with Gasteiger partial charge in [0.05, 0.1) is 21.2 Å². The van der Waals surface area contributed by atoms with Crippen molar-refractivity contribution in [3.8, 4) is 10.7 Å². The Morgan fingerprint density at radius 3 is 2.80 bits per heavy atom. The summed E-state index contributed by atoms with van der Waals surface area (Å²) < 4.78 is 23.1. The minimum absolute atomic E-state index is 0.107. The first-order valence-electron chi connectivity index (χ1n) is 7.02. The molecule has 0 spiro atoms. The van der Waals surface area contributed by atoms with Crippen molar-refractivity contribution in [1.29, 1.82) is 0 Å². The van der Waals surface area contributed by atoms with Crippen molar-refractivity contribution < 1.29 is 13.3 Å². The highest BCUT2D eigenvalue weighted by molar-refractivity contribution is 7.90. The number of thiophene rings is 1. The van der Waals surface area contributed by atoms with Gasteiger partial charge in [-0.05, 0) is 23.6 Å². The van der Waals surface area contributed by atoms with Gasteiger partial charge in [0.25, 0.3) is 5.69 Å². The Morgan fingerprint density at radius 2 is 2.16 bits per heavy atom. The Labute approximate surface area is 146 Å². The SMILES string of the molecule is CS(=O)(=O)c1ccc(NCc2nc(-c3cccs3)n[nH]2)c([N+](=O)[O-])c1. The minimum atomic E-state index is -3.52. The highest BCUT2D eigenvalue weighted by atomic mass is 32.2. The summed E-state index contributed by atoms with van der Waals surface area (Å²) in [5, 5.41) is 22.9. The lowest BCUT2D eigenvalue weighted by molar-refractivity contribution is -0.384. The van der Waals surface area contributed by atoms with E-state index in [9.17, 15) is 18.5 Å². The van der Waals surface area contributed by atoms with Crippen molar-refractivity contribution in [2.24, 2.45) is 0 Å². The molecule has 3 aromatic rings. The summed E-state index contributed by atoms with van der Waals surface area (Å²) in [5.74, 6) is 1.05. The Morgan fingerprint density at radius 1 is 1.36 bits per heavy atom. The normalized spacial score (nSPS) is 11.4. The van der Waals surface area contributed by atoms with Gasteiger partial charge in [-0.2, -0.15) is 5.10 Å². The highest BCUT2D eigenvalue weighted by Gasteiger charge is 2.19. The largest absolute Gasteiger partial charge is 0.372 e. The molecule has 9 nitrogen and oxygen atoms in total. The summed E-state index contributed by atoms with van der Waals surface area (Å²) in [6.07, 6.45) is 1.000. The van der Waals surface area contributed by atoms with E-state index in [-0.39, 0.29) is 22.8 Å². The summed E-state index contributed by atoms with van der Waals surface area (Å²) in [5.41, 5.74) is -0.118. The number of hydrogen-bond acceptors (Lipinski definition) is 8. The molecule has 2 heterocycles. The zero-order valence-electron chi connectivity index (χ0n) is 13.0. The lowest BCUT2D eigenvalue weighted by Crippen LogP contribution is -2.06. The zero-order chi connectivity index (χ0) is 18.0. The van der Waals surface area contributed by atoms with Crippen molar-refractivity contribution in [1.82, 2.24) is 15.2 Å². The van der Waals surface area contributed by atoms with Gasteiger partial charge in [0.15, 0.2) is 15.7 Å². The average molecular weight is 379 g/mol. The number of aromatic amines is 1. The van der Waals surface area contributed by atoms with E-state index in [0.29, 0.717) is 11.6 Å². The number of benzene rings is 1. The van der Waals surface area contributed by atoms with E-state index < -0.39 is 14.8 Å². The van der Waals surface area contributed by atoms with Crippen molar-refractivity contribution in [3.63, 3.8) is 0 Å². The molecule has 0 saturated heterocycles. The van der Waals surface area contributed by atoms with Crippen LogP contribution in [0.25, 0.3) is 10.7 Å². The fourth-order valence-electron chi connectivity index (χ4n) is 2.11. The molecule has 0 bridgehead atoms. The predicted octanol–water partition coefficient (Wildman–Crippen LogP) is 2.46. The Hall–Kier alpha value is -2.79. The molecule has 1 aromatic carbocycles. The molecule has 0 aliphatic heterocycles. The molecule has 130 valence electrons. The van der Waals surface area contributed by atoms with Gasteiger partial charge in [0, 0.05) is 12.3 Å². The van der Waals surface area contributed by atoms with Crippen molar-refractivity contribution in [2.75, 3.05) is 11.6 Å². The lowest BCUT2D eigenvalue weighted by atomic mass is 10.2. The highest BCUT2D eigenvalue weighted by Crippen LogP contribution is 2.28. The maximum absolute atomic E-state index is 11.5. The number of aromatic nitrogens is 3. The number of rotatable bonds is 6. The molecular weight excluding hydrogens is 366 g/mol. The number of H-pyrrole nitrogens is 1. The second-order valence-electron chi connectivity index (χ2n) is 5.14. The standard InChI is InChI=1S/C14H13N5O4S2/c1-25(22,23)9-4-5-10(11(7-9)19(20)21)15-8-13-16-14(18-17-13)12-3-2-6-24-12/h2-7,15H,8H2,1H3,(H,16,17,18). The topological polar surface area (TPSA) is 131 Å². The molecule has 0 unspecified atom stereocenters. The zero-order valence-corrected chi connectivity index (χ0v) is 14.6. The molecule has 2 N–H and O–H groups in total. The van der Waals surface area contributed by atoms with Crippen molar-refractivity contribution in [2.45, 2.75) is 11.4 Å². The minimum Gasteiger partial charge on any atom is -0.372 e. The van der Waals surface area contributed by atoms with Crippen LogP contribution in [0.1, 0.15) is 5.82 Å². The average Bonchev–Trinajstić information content (AvgIpc) is 3.22. The number of nitro groups is 1. The van der Waals surface area contributed by atoms with Crippen LogP contribution >= 0.6 is 11.3 Å². The first kappa shape index (κ1) is 17.0. The molecular formula is C14H13N5O4S2. The maximum Gasteiger partial charge on any atom is 0.293 e. The molecule has 0 aliphatic carbocycles. The number of nitrogens with one attached hydrogen (secondary N) is 2. The summed E-state index contributed by atoms with van der Waals surface area (Å²) in [6, 6.07) is 7.50. The molecule has 0 amide bonds. The quantitative estimate of drug-likeness (QED) is 0.497. The van der Waals surface area contributed by atoms with Gasteiger partial charge in [0.2, 0.25) is 0 Å². The van der Waals surface area contributed by atoms with E-state index in [1.54, 1.807) is 0 Å². The predicted molar refractivity (Wildman–Crippen MR) is 93.2 cm³/mol. The third kappa shape index (κ3) is 3.83. The van der Waals surface area contributed by atoms with Crippen LogP contribution in [0.5, 0.6) is 0 Å². The lowest BCUT2D eigenvalue weighted by Gasteiger charge is -2.06. The second kappa shape index (κ2) is 6.61. The van der Waals surface area contributed by atoms with E-state index >= 15 is 0 Å². The molecule has 0 radical (unpaired) electrons. The monoisotopic (exact) mass is 379 g/mol. The van der Waals surface area contributed by atoms with Crippen LogP contribution < -0.4 is 5.32 Å². The van der Waals surface area contributed by atoms with Gasteiger partial charge in [-0.1, -0.05) is 6.07 Å². The van der Waals surface area contributed by atoms with Gasteiger partial charge in [-0.15, -0.1) is 11.3 Å². The van der Waals surface area contributed by atoms with Crippen LogP contribution in [0.4, 0.5) is 11.4 Å². The Balaban J connectivity index is 1.80. The van der Waals surface area contributed by atoms with Crippen LogP contribution in [0.2, 0.25) is 0 Å². The summed E-state index contributed by atoms with van der Waals surface area (Å²) in [6.45, 7) is 0.178. The van der Waals surface area contributed by atoms with Crippen molar-refractivity contribution in [3.05, 3.63) is 51.7 Å². The summed E-state index contributed by atoms with van der Waals surface area (Å²) >= 11 is 1.50. The number of anilines is 1. The van der Waals surface area contributed by atoms with Gasteiger partial charge >= 0.3 is 0 Å². The number of hydrogen-bond donors (Lipinski definition) is 2. The summed E-state index contributed by atoms with van der Waals surface area (Å²) in [7, 11) is -3.52. The van der Waals surface area contributed by atoms with E-state index in [4.69, 9.17) is 0 Å². The Kier molecular flexibility index (Phi) is 4.51. The first-order chi connectivity index (χ1) is 11.8. The van der Waals surface area contributed by atoms with Crippen LogP contribution in [0.15, 0.2) is 40.6 Å². The van der Waals surface area contributed by atoms with Gasteiger partial charge in [-0.25, -0.2) is 13.4 Å². The summed E-state index contributed by atoms with van der Waals surface area (Å²) in [4.78, 5) is 15.7. The Bertz CT molecular complexity index is 1010. The van der Waals surface area contributed by atoms with Crippen LogP contribution in [-0.2, 0) is 16.4 Å². The van der Waals surface area contributed by atoms with Crippen molar-refractivity contribution >= 4 is 32.5 Å². The van der Waals surface area contributed by atoms with Crippen LogP contribution in [-0.4, -0.2) is 34.8 Å². The third-order valence-electron chi connectivity index (χ3n) is 3.31. The molecule has 2 aromatic heterocycles. The molecule has 0 saturated carbocycles. The molecule has 0 atom stereocenters. The first-order valence-corrected chi connectivity index (χ1v) is 9.79. The van der Waals surface area contributed by atoms with Gasteiger partial charge in [-0.3, -0.25) is 15.2 Å².